The van der Waals surface area contributed by atoms with E-state index in [-0.39, 0.29) is 12.0 Å². The average Bonchev–Trinajstić information content (AvgIpc) is 2.35. The summed E-state index contributed by atoms with van der Waals surface area (Å²) in [4.78, 5) is 15.6. The van der Waals surface area contributed by atoms with Gasteiger partial charge in [-0.1, -0.05) is 17.7 Å². The number of hydrogen-bond acceptors (Lipinski definition) is 2. The van der Waals surface area contributed by atoms with Crippen molar-refractivity contribution in [1.29, 1.82) is 0 Å². The summed E-state index contributed by atoms with van der Waals surface area (Å²) in [7, 11) is 0. The molecule has 18 heavy (non-hydrogen) atoms. The van der Waals surface area contributed by atoms with Gasteiger partial charge in [0.15, 0.2) is 17.4 Å². The number of rotatable bonds is 3. The van der Waals surface area contributed by atoms with Crippen LogP contribution in [0.5, 0.6) is 0 Å². The molecule has 0 atom stereocenters. The van der Waals surface area contributed by atoms with E-state index in [1.165, 1.54) is 24.5 Å². The molecule has 0 saturated carbocycles. The Hall–Kier alpha value is -1.81. The molecule has 0 radical (unpaired) electrons. The molecule has 2 nitrogen and oxygen atoms in total. The fourth-order valence-electron chi connectivity index (χ4n) is 1.53. The minimum absolute atomic E-state index is 0.0955. The Bertz CT molecular complexity index is 601. The number of nitrogens with zero attached hydrogens (tertiary/aromatic N) is 1. The van der Waals surface area contributed by atoms with Crippen LogP contribution in [0.15, 0.2) is 36.7 Å². The molecule has 0 aliphatic heterocycles. The van der Waals surface area contributed by atoms with Crippen molar-refractivity contribution in [3.63, 3.8) is 0 Å². The number of ketones is 1. The van der Waals surface area contributed by atoms with Crippen LogP contribution < -0.4 is 0 Å². The van der Waals surface area contributed by atoms with E-state index in [2.05, 4.69) is 4.98 Å². The Morgan fingerprint density at radius 2 is 2.06 bits per heavy atom. The van der Waals surface area contributed by atoms with Crippen LogP contribution in [0.3, 0.4) is 0 Å². The Kier molecular flexibility index (Phi) is 3.67. The highest BCUT2D eigenvalue weighted by atomic mass is 35.5. The molecule has 0 N–H and O–H groups in total. The summed E-state index contributed by atoms with van der Waals surface area (Å²) in [6.45, 7) is 0. The van der Waals surface area contributed by atoms with Crippen LogP contribution in [0, 0.1) is 11.6 Å². The van der Waals surface area contributed by atoms with Crippen molar-refractivity contribution in [3.8, 4) is 0 Å². The van der Waals surface area contributed by atoms with Crippen LogP contribution in [-0.2, 0) is 6.42 Å². The van der Waals surface area contributed by atoms with Crippen LogP contribution in [0.1, 0.15) is 15.9 Å². The monoisotopic (exact) mass is 267 g/mol. The van der Waals surface area contributed by atoms with E-state index in [1.54, 1.807) is 6.07 Å². The normalized spacial score (nSPS) is 10.4. The highest BCUT2D eigenvalue weighted by Gasteiger charge is 2.16. The highest BCUT2D eigenvalue weighted by Crippen LogP contribution is 2.18. The lowest BCUT2D eigenvalue weighted by Gasteiger charge is -2.04. The summed E-state index contributed by atoms with van der Waals surface area (Å²) >= 11 is 5.84. The summed E-state index contributed by atoms with van der Waals surface area (Å²) in [5, 5.41) is 0.322. The molecule has 0 aliphatic rings. The zero-order chi connectivity index (χ0) is 13.1. The Morgan fingerprint density at radius 1 is 1.28 bits per heavy atom. The first-order chi connectivity index (χ1) is 8.59. The maximum atomic E-state index is 13.4. The molecule has 0 aliphatic carbocycles. The second-order valence-electron chi connectivity index (χ2n) is 3.67. The molecular weight excluding hydrogens is 260 g/mol. The van der Waals surface area contributed by atoms with E-state index >= 15 is 0 Å². The molecule has 2 rings (SSSR count). The zero-order valence-electron chi connectivity index (χ0n) is 9.16. The number of hydrogen-bond donors (Lipinski definition) is 0. The third kappa shape index (κ3) is 2.54. The van der Waals surface area contributed by atoms with E-state index in [1.807, 2.05) is 0 Å². The zero-order valence-corrected chi connectivity index (χ0v) is 9.92. The van der Waals surface area contributed by atoms with Crippen LogP contribution >= 0.6 is 11.6 Å². The van der Waals surface area contributed by atoms with E-state index < -0.39 is 17.4 Å². The molecular formula is C13H8ClF2NO. The second-order valence-corrected chi connectivity index (χ2v) is 4.08. The van der Waals surface area contributed by atoms with Crippen molar-refractivity contribution < 1.29 is 13.6 Å². The van der Waals surface area contributed by atoms with Crippen molar-refractivity contribution in [2.45, 2.75) is 6.42 Å². The summed E-state index contributed by atoms with van der Waals surface area (Å²) in [5.74, 6) is -2.70. The molecule has 1 aromatic carbocycles. The van der Waals surface area contributed by atoms with E-state index in [0.717, 1.165) is 6.07 Å². The van der Waals surface area contributed by atoms with Gasteiger partial charge < -0.3 is 0 Å². The molecule has 1 aromatic heterocycles. The van der Waals surface area contributed by atoms with Crippen molar-refractivity contribution in [2.24, 2.45) is 0 Å². The molecule has 0 spiro atoms. The molecule has 92 valence electrons. The van der Waals surface area contributed by atoms with Gasteiger partial charge in [-0.05, 0) is 23.8 Å². The lowest BCUT2D eigenvalue weighted by Crippen LogP contribution is -2.08. The topological polar surface area (TPSA) is 30.0 Å². The predicted molar refractivity (Wildman–Crippen MR) is 63.6 cm³/mol. The molecule has 0 unspecified atom stereocenters. The van der Waals surface area contributed by atoms with Crippen molar-refractivity contribution in [1.82, 2.24) is 4.98 Å². The van der Waals surface area contributed by atoms with Gasteiger partial charge in [0, 0.05) is 18.8 Å². The third-order valence-electron chi connectivity index (χ3n) is 2.46. The predicted octanol–water partition coefficient (Wildman–Crippen LogP) is 3.44. The lowest BCUT2D eigenvalue weighted by molar-refractivity contribution is 0.0988. The molecule has 2 aromatic rings. The minimum atomic E-state index is -1.13. The number of halogens is 3. The lowest BCUT2D eigenvalue weighted by atomic mass is 10.0. The quantitative estimate of drug-likeness (QED) is 0.798. The van der Waals surface area contributed by atoms with Gasteiger partial charge in [0.25, 0.3) is 0 Å². The Morgan fingerprint density at radius 3 is 2.78 bits per heavy atom. The first-order valence-electron chi connectivity index (χ1n) is 5.15. The van der Waals surface area contributed by atoms with Gasteiger partial charge in [-0.15, -0.1) is 0 Å². The van der Waals surface area contributed by atoms with Gasteiger partial charge in [-0.25, -0.2) is 8.78 Å². The summed E-state index contributed by atoms with van der Waals surface area (Å²) in [6, 6.07) is 5.07. The third-order valence-corrected chi connectivity index (χ3v) is 2.80. The van der Waals surface area contributed by atoms with E-state index in [4.69, 9.17) is 11.6 Å². The smallest absolute Gasteiger partial charge is 0.170 e. The highest BCUT2D eigenvalue weighted by molar-refractivity contribution is 6.31. The number of carbonyl (C=O) groups excluding carboxylic acids is 1. The van der Waals surface area contributed by atoms with Gasteiger partial charge in [0.05, 0.1) is 10.6 Å². The van der Waals surface area contributed by atoms with Crippen LogP contribution in [0.2, 0.25) is 5.02 Å². The Balaban J connectivity index is 2.28. The minimum Gasteiger partial charge on any atom is -0.294 e. The van der Waals surface area contributed by atoms with Crippen LogP contribution in [0.25, 0.3) is 0 Å². The summed E-state index contributed by atoms with van der Waals surface area (Å²) in [6.07, 6.45) is 2.78. The number of carbonyl (C=O) groups is 1. The number of aromatic nitrogens is 1. The van der Waals surface area contributed by atoms with Gasteiger partial charge in [-0.3, -0.25) is 9.78 Å². The standard InChI is InChI=1S/C13H8ClF2NO/c14-10-7-17-5-4-8(10)6-12(18)9-2-1-3-11(15)13(9)16/h1-5,7H,6H2. The van der Waals surface area contributed by atoms with E-state index in [0.29, 0.717) is 10.6 Å². The van der Waals surface area contributed by atoms with Crippen LogP contribution in [0.4, 0.5) is 8.78 Å². The van der Waals surface area contributed by atoms with E-state index in [9.17, 15) is 13.6 Å². The van der Waals surface area contributed by atoms with Crippen molar-refractivity contribution in [3.05, 3.63) is 64.4 Å². The average molecular weight is 268 g/mol. The molecule has 0 saturated heterocycles. The molecule has 1 heterocycles. The molecule has 5 heteroatoms. The molecule has 0 amide bonds. The van der Waals surface area contributed by atoms with Crippen LogP contribution in [-0.4, -0.2) is 10.8 Å². The second kappa shape index (κ2) is 5.23. The fraction of sp³-hybridized carbons (Fsp3) is 0.0769. The number of Topliss-reactive ketones (excluding diaryl/α,β-unsaturated/α-hetero) is 1. The van der Waals surface area contributed by atoms with Crippen molar-refractivity contribution >= 4 is 17.4 Å². The first kappa shape index (κ1) is 12.6. The molecule has 0 bridgehead atoms. The SMILES string of the molecule is O=C(Cc1ccncc1Cl)c1cccc(F)c1F. The van der Waals surface area contributed by atoms with Gasteiger partial charge in [0.1, 0.15) is 0 Å². The van der Waals surface area contributed by atoms with Gasteiger partial charge in [-0.2, -0.15) is 0 Å². The largest absolute Gasteiger partial charge is 0.294 e. The summed E-state index contributed by atoms with van der Waals surface area (Å²) in [5.41, 5.74) is 0.253. The van der Waals surface area contributed by atoms with Crippen molar-refractivity contribution in [2.75, 3.05) is 0 Å². The molecule has 0 fully saturated rings. The maximum Gasteiger partial charge on any atom is 0.170 e. The van der Waals surface area contributed by atoms with Gasteiger partial charge >= 0.3 is 0 Å². The number of pyridine rings is 1. The Labute approximate surface area is 107 Å². The summed E-state index contributed by atoms with van der Waals surface area (Å²) < 4.78 is 26.4. The maximum absolute atomic E-state index is 13.4. The fourth-order valence-corrected chi connectivity index (χ4v) is 1.72. The van der Waals surface area contributed by atoms with Gasteiger partial charge in [0.2, 0.25) is 0 Å². The first-order valence-corrected chi connectivity index (χ1v) is 5.53. The number of benzene rings is 1.